The lowest BCUT2D eigenvalue weighted by atomic mass is 10.1. The van der Waals surface area contributed by atoms with E-state index in [-0.39, 0.29) is 5.78 Å². The van der Waals surface area contributed by atoms with Crippen LogP contribution >= 0.6 is 0 Å². The lowest BCUT2D eigenvalue weighted by molar-refractivity contribution is 0.104. The van der Waals surface area contributed by atoms with E-state index in [1.165, 1.54) is 12.3 Å². The van der Waals surface area contributed by atoms with E-state index < -0.39 is 0 Å². The second-order valence-electron chi connectivity index (χ2n) is 4.61. The summed E-state index contributed by atoms with van der Waals surface area (Å²) in [5.74, 6) is -0.176. The molecule has 0 spiro atoms. The number of ketones is 1. The Hall–Kier alpha value is -3.01. The van der Waals surface area contributed by atoms with Crippen LogP contribution < -0.4 is 5.73 Å². The SMILES string of the molecule is Nc1ccc(C=CC(=O)c2cnc3ccccc3n2)cc1. The maximum atomic E-state index is 12.1. The minimum absolute atomic E-state index is 0.176. The van der Waals surface area contributed by atoms with Gasteiger partial charge in [0.15, 0.2) is 0 Å². The first-order chi connectivity index (χ1) is 10.2. The van der Waals surface area contributed by atoms with Crippen LogP contribution in [-0.2, 0) is 0 Å². The third-order valence-corrected chi connectivity index (χ3v) is 3.06. The fourth-order valence-electron chi connectivity index (χ4n) is 1.94. The summed E-state index contributed by atoms with van der Waals surface area (Å²) in [4.78, 5) is 20.7. The molecule has 0 unspecified atom stereocenters. The topological polar surface area (TPSA) is 68.9 Å². The van der Waals surface area contributed by atoms with Crippen molar-refractivity contribution in [3.8, 4) is 0 Å². The van der Waals surface area contributed by atoms with Crippen LogP contribution in [0, 0.1) is 0 Å². The zero-order valence-electron chi connectivity index (χ0n) is 11.2. The maximum Gasteiger partial charge on any atom is 0.205 e. The first-order valence-electron chi connectivity index (χ1n) is 6.52. The van der Waals surface area contributed by atoms with Crippen LogP contribution in [0.3, 0.4) is 0 Å². The molecule has 0 bridgehead atoms. The summed E-state index contributed by atoms with van der Waals surface area (Å²) < 4.78 is 0. The lowest BCUT2D eigenvalue weighted by Crippen LogP contribution is -1.99. The maximum absolute atomic E-state index is 12.1. The number of rotatable bonds is 3. The van der Waals surface area contributed by atoms with Crippen molar-refractivity contribution in [2.45, 2.75) is 0 Å². The molecule has 4 heteroatoms. The van der Waals surface area contributed by atoms with Crippen LogP contribution in [0.15, 0.2) is 60.8 Å². The molecule has 3 aromatic rings. The number of nitrogen functional groups attached to an aromatic ring is 1. The smallest absolute Gasteiger partial charge is 0.205 e. The molecule has 102 valence electrons. The Balaban J connectivity index is 1.84. The van der Waals surface area contributed by atoms with E-state index >= 15 is 0 Å². The van der Waals surface area contributed by atoms with E-state index in [4.69, 9.17) is 5.73 Å². The molecule has 21 heavy (non-hydrogen) atoms. The Kier molecular flexibility index (Phi) is 3.43. The molecule has 0 radical (unpaired) electrons. The Morgan fingerprint density at radius 1 is 1.00 bits per heavy atom. The normalized spacial score (nSPS) is 11.0. The summed E-state index contributed by atoms with van der Waals surface area (Å²) in [6.45, 7) is 0. The van der Waals surface area contributed by atoms with E-state index in [0.717, 1.165) is 11.1 Å². The molecule has 0 atom stereocenters. The summed E-state index contributed by atoms with van der Waals surface area (Å²) in [5.41, 5.74) is 9.04. The monoisotopic (exact) mass is 275 g/mol. The van der Waals surface area contributed by atoms with Crippen molar-refractivity contribution in [2.75, 3.05) is 5.73 Å². The third-order valence-electron chi connectivity index (χ3n) is 3.06. The van der Waals surface area contributed by atoms with Gasteiger partial charge in [-0.15, -0.1) is 0 Å². The molecule has 0 aliphatic carbocycles. The largest absolute Gasteiger partial charge is 0.399 e. The molecule has 1 heterocycles. The van der Waals surface area contributed by atoms with Crippen molar-refractivity contribution >= 4 is 28.6 Å². The van der Waals surface area contributed by atoms with E-state index in [1.54, 1.807) is 18.2 Å². The van der Waals surface area contributed by atoms with Crippen molar-refractivity contribution in [3.63, 3.8) is 0 Å². The number of hydrogen-bond acceptors (Lipinski definition) is 4. The standard InChI is InChI=1S/C17H13N3O/c18-13-8-5-12(6-9-13)7-10-17(21)16-11-19-14-3-1-2-4-15(14)20-16/h1-11H,18H2. The fourth-order valence-corrected chi connectivity index (χ4v) is 1.94. The number of carbonyl (C=O) groups excluding carboxylic acids is 1. The van der Waals surface area contributed by atoms with Crippen LogP contribution in [0.4, 0.5) is 5.69 Å². The van der Waals surface area contributed by atoms with Gasteiger partial charge in [0.25, 0.3) is 0 Å². The minimum Gasteiger partial charge on any atom is -0.399 e. The predicted octanol–water partition coefficient (Wildman–Crippen LogP) is 3.11. The number of anilines is 1. The molecule has 2 N–H and O–H groups in total. The summed E-state index contributed by atoms with van der Waals surface area (Å²) in [6.07, 6.45) is 4.72. The van der Waals surface area contributed by atoms with Gasteiger partial charge >= 0.3 is 0 Å². The average Bonchev–Trinajstić information content (AvgIpc) is 2.53. The minimum atomic E-state index is -0.176. The molecular formula is C17H13N3O. The molecule has 0 aliphatic rings. The van der Waals surface area contributed by atoms with Crippen molar-refractivity contribution in [3.05, 3.63) is 72.1 Å². The van der Waals surface area contributed by atoms with E-state index in [0.29, 0.717) is 16.9 Å². The van der Waals surface area contributed by atoms with Crippen LogP contribution in [-0.4, -0.2) is 15.8 Å². The first kappa shape index (κ1) is 13.0. The summed E-state index contributed by atoms with van der Waals surface area (Å²) in [6, 6.07) is 14.7. The highest BCUT2D eigenvalue weighted by Crippen LogP contribution is 2.11. The van der Waals surface area contributed by atoms with Crippen LogP contribution in [0.5, 0.6) is 0 Å². The van der Waals surface area contributed by atoms with Crippen molar-refractivity contribution in [2.24, 2.45) is 0 Å². The summed E-state index contributed by atoms with van der Waals surface area (Å²) in [7, 11) is 0. The Morgan fingerprint density at radius 2 is 1.71 bits per heavy atom. The zero-order chi connectivity index (χ0) is 14.7. The number of hydrogen-bond donors (Lipinski definition) is 1. The number of benzene rings is 2. The van der Waals surface area contributed by atoms with Crippen LogP contribution in [0.2, 0.25) is 0 Å². The van der Waals surface area contributed by atoms with Crippen molar-refractivity contribution in [1.82, 2.24) is 9.97 Å². The first-order valence-corrected chi connectivity index (χ1v) is 6.52. The van der Waals surface area contributed by atoms with Gasteiger partial charge in [0.2, 0.25) is 5.78 Å². The number of nitrogens with zero attached hydrogens (tertiary/aromatic N) is 2. The van der Waals surface area contributed by atoms with Crippen molar-refractivity contribution < 1.29 is 4.79 Å². The van der Waals surface area contributed by atoms with Gasteiger partial charge < -0.3 is 5.73 Å². The number of para-hydroxylation sites is 2. The van der Waals surface area contributed by atoms with E-state index in [2.05, 4.69) is 9.97 Å². The molecule has 1 aromatic heterocycles. The molecular weight excluding hydrogens is 262 g/mol. The predicted molar refractivity (Wildman–Crippen MR) is 83.8 cm³/mol. The number of aromatic nitrogens is 2. The average molecular weight is 275 g/mol. The highest BCUT2D eigenvalue weighted by Gasteiger charge is 2.05. The molecule has 0 saturated carbocycles. The van der Waals surface area contributed by atoms with Gasteiger partial charge in [-0.25, -0.2) is 4.98 Å². The van der Waals surface area contributed by atoms with Gasteiger partial charge in [0.1, 0.15) is 5.69 Å². The second kappa shape index (κ2) is 5.54. The Bertz CT molecular complexity index is 823. The number of allylic oxidation sites excluding steroid dienone is 1. The van der Waals surface area contributed by atoms with Gasteiger partial charge in [-0.3, -0.25) is 9.78 Å². The molecule has 0 fully saturated rings. The van der Waals surface area contributed by atoms with Gasteiger partial charge in [-0.05, 0) is 35.9 Å². The molecule has 4 nitrogen and oxygen atoms in total. The third kappa shape index (κ3) is 2.95. The van der Waals surface area contributed by atoms with Crippen LogP contribution in [0.25, 0.3) is 17.1 Å². The molecule has 3 rings (SSSR count). The van der Waals surface area contributed by atoms with Gasteiger partial charge in [0, 0.05) is 5.69 Å². The zero-order valence-corrected chi connectivity index (χ0v) is 11.2. The number of nitrogens with two attached hydrogens (primary N) is 1. The van der Waals surface area contributed by atoms with Gasteiger partial charge in [-0.1, -0.05) is 30.3 Å². The van der Waals surface area contributed by atoms with Gasteiger partial charge in [-0.2, -0.15) is 0 Å². The molecule has 2 aromatic carbocycles. The molecule has 0 amide bonds. The summed E-state index contributed by atoms with van der Waals surface area (Å²) >= 11 is 0. The number of carbonyl (C=O) groups is 1. The van der Waals surface area contributed by atoms with Crippen molar-refractivity contribution in [1.29, 1.82) is 0 Å². The lowest BCUT2D eigenvalue weighted by Gasteiger charge is -1.99. The van der Waals surface area contributed by atoms with E-state index in [9.17, 15) is 4.79 Å². The number of fused-ring (bicyclic) bond motifs is 1. The second-order valence-corrected chi connectivity index (χ2v) is 4.61. The molecule has 0 aliphatic heterocycles. The summed E-state index contributed by atoms with van der Waals surface area (Å²) in [5, 5.41) is 0. The van der Waals surface area contributed by atoms with Gasteiger partial charge in [0.05, 0.1) is 17.2 Å². The highest BCUT2D eigenvalue weighted by atomic mass is 16.1. The van der Waals surface area contributed by atoms with Crippen LogP contribution in [0.1, 0.15) is 16.1 Å². The molecule has 0 saturated heterocycles. The quantitative estimate of drug-likeness (QED) is 0.453. The van der Waals surface area contributed by atoms with E-state index in [1.807, 2.05) is 36.4 Å². The Morgan fingerprint density at radius 3 is 2.48 bits per heavy atom. The highest BCUT2D eigenvalue weighted by molar-refractivity contribution is 6.06. The fraction of sp³-hybridized carbons (Fsp3) is 0. The Labute approximate surface area is 122 Å².